The lowest BCUT2D eigenvalue weighted by Crippen LogP contribution is -2.34. The Bertz CT molecular complexity index is 549. The van der Waals surface area contributed by atoms with Crippen molar-refractivity contribution in [2.45, 2.75) is 32.9 Å². The fourth-order valence-electron chi connectivity index (χ4n) is 2.32. The number of fused-ring (bicyclic) bond motifs is 1. The van der Waals surface area contributed by atoms with E-state index in [2.05, 4.69) is 48.1 Å². The Hall–Kier alpha value is -1.32. The SMILES string of the molecule is Cc1c(CNCC(C)(C)O)c2ccccc2n1C. The number of hydrogen-bond donors (Lipinski definition) is 2. The third-order valence-electron chi connectivity index (χ3n) is 3.39. The lowest BCUT2D eigenvalue weighted by molar-refractivity contribution is 0.0795. The number of hydrogen-bond acceptors (Lipinski definition) is 2. The molecule has 1 aromatic heterocycles. The summed E-state index contributed by atoms with van der Waals surface area (Å²) in [7, 11) is 2.09. The van der Waals surface area contributed by atoms with Crippen LogP contribution in [-0.2, 0) is 13.6 Å². The lowest BCUT2D eigenvalue weighted by atomic mass is 10.1. The molecule has 2 rings (SSSR count). The first-order valence-corrected chi connectivity index (χ1v) is 6.36. The number of benzene rings is 1. The second-order valence-electron chi connectivity index (χ2n) is 5.56. The van der Waals surface area contributed by atoms with Gasteiger partial charge >= 0.3 is 0 Å². The summed E-state index contributed by atoms with van der Waals surface area (Å²) in [5, 5.41) is 14.3. The van der Waals surface area contributed by atoms with Crippen molar-refractivity contribution in [2.24, 2.45) is 7.05 Å². The second-order valence-corrected chi connectivity index (χ2v) is 5.56. The second kappa shape index (κ2) is 4.75. The molecule has 0 saturated heterocycles. The van der Waals surface area contributed by atoms with E-state index in [1.807, 2.05) is 13.8 Å². The summed E-state index contributed by atoms with van der Waals surface area (Å²) in [5.74, 6) is 0. The van der Waals surface area contributed by atoms with Gasteiger partial charge in [0.15, 0.2) is 0 Å². The van der Waals surface area contributed by atoms with E-state index in [4.69, 9.17) is 0 Å². The van der Waals surface area contributed by atoms with Crippen LogP contribution in [0.2, 0.25) is 0 Å². The molecule has 0 unspecified atom stereocenters. The third kappa shape index (κ3) is 2.57. The molecule has 1 heterocycles. The Kier molecular flexibility index (Phi) is 3.46. The van der Waals surface area contributed by atoms with E-state index in [0.29, 0.717) is 6.54 Å². The van der Waals surface area contributed by atoms with Crippen LogP contribution in [-0.4, -0.2) is 21.8 Å². The average Bonchev–Trinajstić information content (AvgIpc) is 2.53. The van der Waals surface area contributed by atoms with Crippen molar-refractivity contribution in [1.82, 2.24) is 9.88 Å². The molecule has 0 fully saturated rings. The van der Waals surface area contributed by atoms with E-state index in [-0.39, 0.29) is 0 Å². The maximum Gasteiger partial charge on any atom is 0.0715 e. The van der Waals surface area contributed by atoms with Gasteiger partial charge in [0.05, 0.1) is 5.60 Å². The lowest BCUT2D eigenvalue weighted by Gasteiger charge is -2.17. The summed E-state index contributed by atoms with van der Waals surface area (Å²) < 4.78 is 2.22. The zero-order valence-corrected chi connectivity index (χ0v) is 11.6. The van der Waals surface area contributed by atoms with E-state index in [9.17, 15) is 5.11 Å². The highest BCUT2D eigenvalue weighted by molar-refractivity contribution is 5.85. The Labute approximate surface area is 108 Å². The van der Waals surface area contributed by atoms with Crippen LogP contribution in [0.1, 0.15) is 25.1 Å². The number of para-hydroxylation sites is 1. The van der Waals surface area contributed by atoms with Crippen LogP contribution in [0.25, 0.3) is 10.9 Å². The number of aromatic nitrogens is 1. The van der Waals surface area contributed by atoms with Gasteiger partial charge in [-0.1, -0.05) is 18.2 Å². The number of nitrogens with zero attached hydrogens (tertiary/aromatic N) is 1. The first-order valence-electron chi connectivity index (χ1n) is 6.36. The molecule has 3 nitrogen and oxygen atoms in total. The summed E-state index contributed by atoms with van der Waals surface area (Å²) in [4.78, 5) is 0. The molecule has 0 saturated carbocycles. The molecule has 0 amide bonds. The van der Waals surface area contributed by atoms with Gasteiger partial charge in [-0.25, -0.2) is 0 Å². The van der Waals surface area contributed by atoms with Crippen LogP contribution < -0.4 is 5.32 Å². The molecule has 0 bridgehead atoms. The molecular weight excluding hydrogens is 224 g/mol. The minimum absolute atomic E-state index is 0.593. The first kappa shape index (κ1) is 13.1. The van der Waals surface area contributed by atoms with Gasteiger partial charge in [0, 0.05) is 36.7 Å². The zero-order valence-electron chi connectivity index (χ0n) is 11.6. The Balaban J connectivity index is 2.25. The standard InChI is InChI=1S/C15H22N2O/c1-11-13(9-16-10-15(2,3)18)12-7-5-6-8-14(12)17(11)4/h5-8,16,18H,9-10H2,1-4H3. The molecule has 2 N–H and O–H groups in total. The number of aliphatic hydroxyl groups is 1. The van der Waals surface area contributed by atoms with Gasteiger partial charge in [-0.15, -0.1) is 0 Å². The Morgan fingerprint density at radius 3 is 2.61 bits per heavy atom. The molecular formula is C15H22N2O. The fraction of sp³-hybridized carbons (Fsp3) is 0.467. The van der Waals surface area contributed by atoms with Crippen LogP contribution in [0.5, 0.6) is 0 Å². The van der Waals surface area contributed by atoms with Gasteiger partial charge in [0.2, 0.25) is 0 Å². The highest BCUT2D eigenvalue weighted by Crippen LogP contribution is 2.24. The molecule has 98 valence electrons. The van der Waals surface area contributed by atoms with Crippen molar-refractivity contribution in [2.75, 3.05) is 6.54 Å². The van der Waals surface area contributed by atoms with Crippen LogP contribution in [0.3, 0.4) is 0 Å². The molecule has 2 aromatic rings. The summed E-state index contributed by atoms with van der Waals surface area (Å²) in [6.07, 6.45) is 0. The fourth-order valence-corrected chi connectivity index (χ4v) is 2.32. The predicted octanol–water partition coefficient (Wildman–Crippen LogP) is 2.35. The monoisotopic (exact) mass is 246 g/mol. The van der Waals surface area contributed by atoms with Gasteiger partial charge in [0.25, 0.3) is 0 Å². The van der Waals surface area contributed by atoms with Gasteiger partial charge in [-0.2, -0.15) is 0 Å². The summed E-state index contributed by atoms with van der Waals surface area (Å²) in [5.41, 5.74) is 3.19. The van der Waals surface area contributed by atoms with E-state index < -0.39 is 5.60 Å². The molecule has 0 atom stereocenters. The molecule has 0 spiro atoms. The summed E-state index contributed by atoms with van der Waals surface area (Å²) in [6.45, 7) is 7.15. The molecule has 18 heavy (non-hydrogen) atoms. The van der Waals surface area contributed by atoms with Crippen molar-refractivity contribution < 1.29 is 5.11 Å². The minimum atomic E-state index is -0.668. The van der Waals surface area contributed by atoms with Gasteiger partial charge in [0.1, 0.15) is 0 Å². The smallest absolute Gasteiger partial charge is 0.0715 e. The van der Waals surface area contributed by atoms with Crippen LogP contribution in [0.4, 0.5) is 0 Å². The maximum atomic E-state index is 9.72. The highest BCUT2D eigenvalue weighted by Gasteiger charge is 2.14. The number of nitrogens with one attached hydrogen (secondary N) is 1. The van der Waals surface area contributed by atoms with E-state index in [1.165, 1.54) is 22.2 Å². The molecule has 0 aliphatic heterocycles. The maximum absolute atomic E-state index is 9.72. The largest absolute Gasteiger partial charge is 0.389 e. The molecule has 0 aliphatic rings. The van der Waals surface area contributed by atoms with Crippen molar-refractivity contribution in [3.05, 3.63) is 35.5 Å². The van der Waals surface area contributed by atoms with Gasteiger partial charge in [-0.3, -0.25) is 0 Å². The third-order valence-corrected chi connectivity index (χ3v) is 3.39. The quantitative estimate of drug-likeness (QED) is 0.869. The van der Waals surface area contributed by atoms with Crippen molar-refractivity contribution >= 4 is 10.9 Å². The average molecular weight is 246 g/mol. The van der Waals surface area contributed by atoms with Crippen LogP contribution in [0, 0.1) is 6.92 Å². The molecule has 0 aliphatic carbocycles. The Morgan fingerprint density at radius 2 is 1.94 bits per heavy atom. The van der Waals surface area contributed by atoms with Crippen LogP contribution in [0.15, 0.2) is 24.3 Å². The van der Waals surface area contributed by atoms with Gasteiger partial charge < -0.3 is 15.0 Å². The summed E-state index contributed by atoms with van der Waals surface area (Å²) >= 11 is 0. The molecule has 3 heteroatoms. The number of aryl methyl sites for hydroxylation is 1. The molecule has 1 aromatic carbocycles. The predicted molar refractivity (Wildman–Crippen MR) is 75.7 cm³/mol. The summed E-state index contributed by atoms with van der Waals surface area (Å²) in [6, 6.07) is 8.43. The normalized spacial score (nSPS) is 12.3. The minimum Gasteiger partial charge on any atom is -0.389 e. The number of rotatable bonds is 4. The highest BCUT2D eigenvalue weighted by atomic mass is 16.3. The van der Waals surface area contributed by atoms with Crippen molar-refractivity contribution in [1.29, 1.82) is 0 Å². The first-order chi connectivity index (χ1) is 8.40. The topological polar surface area (TPSA) is 37.2 Å². The molecule has 0 radical (unpaired) electrons. The van der Waals surface area contributed by atoms with E-state index in [0.717, 1.165) is 6.54 Å². The van der Waals surface area contributed by atoms with Crippen molar-refractivity contribution in [3.8, 4) is 0 Å². The van der Waals surface area contributed by atoms with E-state index in [1.54, 1.807) is 0 Å². The van der Waals surface area contributed by atoms with E-state index >= 15 is 0 Å². The van der Waals surface area contributed by atoms with Gasteiger partial charge in [-0.05, 0) is 32.4 Å². The van der Waals surface area contributed by atoms with Crippen molar-refractivity contribution in [3.63, 3.8) is 0 Å². The van der Waals surface area contributed by atoms with Crippen LogP contribution >= 0.6 is 0 Å². The zero-order chi connectivity index (χ0) is 13.3. The Morgan fingerprint density at radius 1 is 1.28 bits per heavy atom.